The van der Waals surface area contributed by atoms with Crippen molar-refractivity contribution in [2.45, 2.75) is 0 Å². The molecule has 0 saturated carbocycles. The van der Waals surface area contributed by atoms with Gasteiger partial charge < -0.3 is 4.90 Å². The van der Waals surface area contributed by atoms with Gasteiger partial charge in [0.1, 0.15) is 5.69 Å². The van der Waals surface area contributed by atoms with Crippen LogP contribution in [0.3, 0.4) is 0 Å². The molecule has 2 rings (SSSR count). The van der Waals surface area contributed by atoms with E-state index in [1.54, 1.807) is 10.9 Å². The smallest absolute Gasteiger partial charge is 0.273 e. The molecule has 0 spiro atoms. The summed E-state index contributed by atoms with van der Waals surface area (Å²) in [6.45, 7) is 3.83. The maximum atomic E-state index is 11.9. The molecule has 0 aromatic carbocycles. The molecule has 0 aliphatic carbocycles. The molecule has 0 radical (unpaired) electrons. The normalized spacial score (nSPS) is 17.1. The maximum Gasteiger partial charge on any atom is 0.273 e. The second-order valence-electron chi connectivity index (χ2n) is 3.65. The highest BCUT2D eigenvalue weighted by molar-refractivity contribution is 7.07. The Morgan fingerprint density at radius 2 is 2.25 bits per heavy atom. The monoisotopic (exact) mass is 235 g/mol. The Morgan fingerprint density at radius 1 is 1.50 bits per heavy atom. The molecule has 0 N–H and O–H groups in total. The summed E-state index contributed by atoms with van der Waals surface area (Å²) >= 11 is 1.45. The highest BCUT2D eigenvalue weighted by atomic mass is 32.1. The highest BCUT2D eigenvalue weighted by Gasteiger charge is 2.22. The largest absolute Gasteiger partial charge is 0.335 e. The molecular weight excluding hydrogens is 222 g/mol. The second kappa shape index (κ2) is 5.10. The Balaban J connectivity index is 1.90. The van der Waals surface area contributed by atoms with Gasteiger partial charge in [0.15, 0.2) is 0 Å². The zero-order valence-corrected chi connectivity index (χ0v) is 9.74. The average Bonchev–Trinajstić information content (AvgIpc) is 2.83. The van der Waals surface area contributed by atoms with Crippen molar-refractivity contribution in [2.75, 3.05) is 32.7 Å². The molecule has 0 bridgehead atoms. The molecule has 1 aromatic rings. The minimum absolute atomic E-state index is 0.0293. The zero-order valence-electron chi connectivity index (χ0n) is 8.93. The van der Waals surface area contributed by atoms with Gasteiger partial charge in [-0.15, -0.1) is 17.8 Å². The van der Waals surface area contributed by atoms with Crippen LogP contribution in [0.4, 0.5) is 0 Å². The predicted molar refractivity (Wildman–Crippen MR) is 63.3 cm³/mol. The van der Waals surface area contributed by atoms with Gasteiger partial charge in [-0.25, -0.2) is 4.98 Å². The SMILES string of the molecule is C#CCN1CCN(C(=O)c2cscn2)CC1. The van der Waals surface area contributed by atoms with E-state index in [2.05, 4.69) is 15.8 Å². The number of rotatable bonds is 2. The Bertz CT molecular complexity index is 388. The van der Waals surface area contributed by atoms with Crippen molar-refractivity contribution >= 4 is 17.2 Å². The van der Waals surface area contributed by atoms with Crippen LogP contribution in [0, 0.1) is 12.3 Å². The molecule has 1 aromatic heterocycles. The van der Waals surface area contributed by atoms with Crippen LogP contribution >= 0.6 is 11.3 Å². The highest BCUT2D eigenvalue weighted by Crippen LogP contribution is 2.08. The molecule has 1 aliphatic rings. The first-order chi connectivity index (χ1) is 7.81. The van der Waals surface area contributed by atoms with Crippen LogP contribution in [0.2, 0.25) is 0 Å². The summed E-state index contributed by atoms with van der Waals surface area (Å²) in [5.74, 6) is 2.65. The van der Waals surface area contributed by atoms with Crippen LogP contribution in [-0.2, 0) is 0 Å². The summed E-state index contributed by atoms with van der Waals surface area (Å²) in [4.78, 5) is 20.0. The number of carbonyl (C=O) groups is 1. The van der Waals surface area contributed by atoms with Gasteiger partial charge in [0.25, 0.3) is 5.91 Å². The molecule has 1 fully saturated rings. The number of piperazine rings is 1. The van der Waals surface area contributed by atoms with Gasteiger partial charge in [-0.3, -0.25) is 9.69 Å². The summed E-state index contributed by atoms with van der Waals surface area (Å²) in [7, 11) is 0. The molecule has 4 nitrogen and oxygen atoms in total. The molecular formula is C11H13N3OS. The molecule has 0 unspecified atom stereocenters. The molecule has 0 atom stereocenters. The third-order valence-electron chi connectivity index (χ3n) is 2.63. The Labute approximate surface area is 98.9 Å². The summed E-state index contributed by atoms with van der Waals surface area (Å²) in [5.41, 5.74) is 2.23. The maximum absolute atomic E-state index is 11.9. The third-order valence-corrected chi connectivity index (χ3v) is 3.21. The van der Waals surface area contributed by atoms with Gasteiger partial charge in [-0.1, -0.05) is 5.92 Å². The van der Waals surface area contributed by atoms with Gasteiger partial charge in [0.2, 0.25) is 0 Å². The van der Waals surface area contributed by atoms with Crippen LogP contribution in [-0.4, -0.2) is 53.4 Å². The minimum atomic E-state index is 0.0293. The first kappa shape index (κ1) is 11.1. The topological polar surface area (TPSA) is 36.4 Å². The Kier molecular flexibility index (Phi) is 3.54. The number of amides is 1. The number of nitrogens with zero attached hydrogens (tertiary/aromatic N) is 3. The van der Waals surface area contributed by atoms with E-state index in [0.717, 1.165) is 26.2 Å². The van der Waals surface area contributed by atoms with E-state index in [9.17, 15) is 4.79 Å². The standard InChI is InChI=1S/C11H13N3OS/c1-2-3-13-4-6-14(7-5-13)11(15)10-8-16-9-12-10/h1,8-9H,3-7H2. The van der Waals surface area contributed by atoms with Gasteiger partial charge in [0.05, 0.1) is 12.1 Å². The molecule has 1 amide bonds. The van der Waals surface area contributed by atoms with Crippen LogP contribution in [0.5, 0.6) is 0 Å². The van der Waals surface area contributed by atoms with Crippen LogP contribution in [0.15, 0.2) is 10.9 Å². The van der Waals surface area contributed by atoms with Crippen LogP contribution < -0.4 is 0 Å². The zero-order chi connectivity index (χ0) is 11.4. The first-order valence-electron chi connectivity index (χ1n) is 5.14. The fourth-order valence-electron chi connectivity index (χ4n) is 1.72. The van der Waals surface area contributed by atoms with Gasteiger partial charge in [0, 0.05) is 31.6 Å². The second-order valence-corrected chi connectivity index (χ2v) is 4.36. The van der Waals surface area contributed by atoms with Crippen molar-refractivity contribution in [1.29, 1.82) is 0 Å². The lowest BCUT2D eigenvalue weighted by Gasteiger charge is -2.33. The fourth-order valence-corrected chi connectivity index (χ4v) is 2.24. The van der Waals surface area contributed by atoms with Crippen molar-refractivity contribution in [2.24, 2.45) is 0 Å². The number of terminal acetylenes is 1. The van der Waals surface area contributed by atoms with Crippen LogP contribution in [0.25, 0.3) is 0 Å². The summed E-state index contributed by atoms with van der Waals surface area (Å²) in [5, 5.41) is 1.79. The minimum Gasteiger partial charge on any atom is -0.335 e. The summed E-state index contributed by atoms with van der Waals surface area (Å²) < 4.78 is 0. The quantitative estimate of drug-likeness (QED) is 0.702. The number of hydrogen-bond donors (Lipinski definition) is 0. The van der Waals surface area contributed by atoms with E-state index in [1.807, 2.05) is 4.90 Å². The van der Waals surface area contributed by atoms with E-state index >= 15 is 0 Å². The third kappa shape index (κ3) is 2.40. The van der Waals surface area contributed by atoms with E-state index in [1.165, 1.54) is 11.3 Å². The van der Waals surface area contributed by atoms with E-state index in [4.69, 9.17) is 6.42 Å². The molecule has 1 saturated heterocycles. The summed E-state index contributed by atoms with van der Waals surface area (Å²) in [6.07, 6.45) is 5.25. The van der Waals surface area contributed by atoms with Crippen molar-refractivity contribution in [3.63, 3.8) is 0 Å². The van der Waals surface area contributed by atoms with Crippen molar-refractivity contribution in [1.82, 2.24) is 14.8 Å². The van der Waals surface area contributed by atoms with E-state index < -0.39 is 0 Å². The first-order valence-corrected chi connectivity index (χ1v) is 6.09. The Morgan fingerprint density at radius 3 is 2.81 bits per heavy atom. The molecule has 5 heteroatoms. The van der Waals surface area contributed by atoms with Crippen LogP contribution in [0.1, 0.15) is 10.5 Å². The lowest BCUT2D eigenvalue weighted by Crippen LogP contribution is -2.48. The van der Waals surface area contributed by atoms with Gasteiger partial charge in [-0.2, -0.15) is 0 Å². The number of thiazole rings is 1. The van der Waals surface area contributed by atoms with Gasteiger partial charge >= 0.3 is 0 Å². The number of hydrogen-bond acceptors (Lipinski definition) is 4. The number of carbonyl (C=O) groups excluding carboxylic acids is 1. The van der Waals surface area contributed by atoms with Crippen molar-refractivity contribution < 1.29 is 4.79 Å². The van der Waals surface area contributed by atoms with E-state index in [0.29, 0.717) is 12.2 Å². The van der Waals surface area contributed by atoms with Crippen molar-refractivity contribution in [3.05, 3.63) is 16.6 Å². The molecule has 84 valence electrons. The van der Waals surface area contributed by atoms with Crippen molar-refractivity contribution in [3.8, 4) is 12.3 Å². The average molecular weight is 235 g/mol. The predicted octanol–water partition coefficient (Wildman–Crippen LogP) is 0.534. The lowest BCUT2D eigenvalue weighted by molar-refractivity contribution is 0.0647. The number of aromatic nitrogens is 1. The lowest BCUT2D eigenvalue weighted by atomic mass is 10.3. The summed E-state index contributed by atoms with van der Waals surface area (Å²) in [6, 6.07) is 0. The Hall–Kier alpha value is -1.38. The molecule has 16 heavy (non-hydrogen) atoms. The fraction of sp³-hybridized carbons (Fsp3) is 0.455. The van der Waals surface area contributed by atoms with Gasteiger partial charge in [-0.05, 0) is 0 Å². The van der Waals surface area contributed by atoms with E-state index in [-0.39, 0.29) is 5.91 Å². The molecule has 1 aliphatic heterocycles. The molecule has 2 heterocycles.